The van der Waals surface area contributed by atoms with Crippen molar-refractivity contribution in [2.24, 2.45) is 11.5 Å². The van der Waals surface area contributed by atoms with Gasteiger partial charge < -0.3 is 22.1 Å². The lowest BCUT2D eigenvalue weighted by molar-refractivity contribution is 0.100. The van der Waals surface area contributed by atoms with Crippen LogP contribution in [0.2, 0.25) is 0 Å². The summed E-state index contributed by atoms with van der Waals surface area (Å²) in [6.45, 7) is 2.39. The molecule has 31 heavy (non-hydrogen) atoms. The summed E-state index contributed by atoms with van der Waals surface area (Å²) in [4.78, 5) is 16.2. The number of nitrogens with one attached hydrogen (secondary N) is 2. The number of nitrogens with two attached hydrogens (primary N) is 2. The van der Waals surface area contributed by atoms with E-state index in [4.69, 9.17) is 11.5 Å². The third kappa shape index (κ3) is 4.15. The van der Waals surface area contributed by atoms with E-state index in [1.54, 1.807) is 22.9 Å². The smallest absolute Gasteiger partial charge is 0.252 e. The minimum Gasteiger partial charge on any atom is -0.365 e. The van der Waals surface area contributed by atoms with E-state index < -0.39 is 17.7 Å². The predicted molar refractivity (Wildman–Crippen MR) is 115 cm³/mol. The number of benzene rings is 1. The van der Waals surface area contributed by atoms with Crippen LogP contribution in [0.3, 0.4) is 0 Å². The van der Waals surface area contributed by atoms with Gasteiger partial charge in [-0.25, -0.2) is 9.37 Å². The van der Waals surface area contributed by atoms with Crippen molar-refractivity contribution in [2.75, 3.05) is 10.6 Å². The molecule has 0 aliphatic heterocycles. The van der Waals surface area contributed by atoms with Crippen LogP contribution in [0.4, 0.5) is 26.1 Å². The highest BCUT2D eigenvalue weighted by Crippen LogP contribution is 2.28. The molecule has 6 N–H and O–H groups in total. The molecule has 8 nitrogen and oxygen atoms in total. The van der Waals surface area contributed by atoms with Gasteiger partial charge >= 0.3 is 0 Å². The fourth-order valence-corrected chi connectivity index (χ4v) is 3.98. The number of aromatic nitrogens is 3. The molecule has 164 valence electrons. The molecule has 1 saturated carbocycles. The molecule has 0 spiro atoms. The van der Waals surface area contributed by atoms with Gasteiger partial charge in [0.2, 0.25) is 5.95 Å². The zero-order valence-electron chi connectivity index (χ0n) is 17.2. The average molecular weight is 429 g/mol. The number of amides is 1. The first-order valence-corrected chi connectivity index (χ1v) is 10.3. The van der Waals surface area contributed by atoms with Gasteiger partial charge in [0.25, 0.3) is 5.91 Å². The summed E-state index contributed by atoms with van der Waals surface area (Å²) in [5, 5.41) is 10.2. The summed E-state index contributed by atoms with van der Waals surface area (Å²) in [5.41, 5.74) is 12.6. The number of hydrogen-bond acceptors (Lipinski definition) is 6. The average Bonchev–Trinajstić information content (AvgIpc) is 3.07. The number of nitrogens with zero attached hydrogens (tertiary/aromatic N) is 3. The lowest BCUT2D eigenvalue weighted by atomic mass is 9.91. The van der Waals surface area contributed by atoms with Crippen molar-refractivity contribution in [1.29, 1.82) is 0 Å². The van der Waals surface area contributed by atoms with E-state index in [0.717, 1.165) is 31.7 Å². The van der Waals surface area contributed by atoms with Crippen molar-refractivity contribution >= 4 is 34.1 Å². The van der Waals surface area contributed by atoms with Crippen LogP contribution in [0.25, 0.3) is 10.9 Å². The molecule has 1 aromatic carbocycles. The van der Waals surface area contributed by atoms with Crippen molar-refractivity contribution in [3.8, 4) is 0 Å². The Hall–Kier alpha value is -3.27. The highest BCUT2D eigenvalue weighted by molar-refractivity contribution is 5.99. The Morgan fingerprint density at radius 2 is 2.00 bits per heavy atom. The quantitative estimate of drug-likeness (QED) is 0.477. The molecule has 1 amide bonds. The Bertz CT molecular complexity index is 1130. The SMILES string of the molecule is CCn1nc(F)c2cc(Nc3nc(N[C@@H]4CCCC[C@@H]4N)c(F)cc3C(N)=O)ccc21. The number of carbonyl (C=O) groups excluding carboxylic acids is 1. The standard InChI is InChI=1S/C21H25F2N7O/c1-2-30-17-8-7-11(9-12(17)18(23)29-30)26-20-13(19(25)31)10-14(22)21(28-20)27-16-6-4-3-5-15(16)24/h7-10,15-16H,2-6,24H2,1H3,(H2,25,31)(H2,26,27,28)/t15-,16+/m0/s1. The van der Waals surface area contributed by atoms with Crippen LogP contribution in [-0.2, 0) is 6.54 Å². The number of primary amides is 1. The van der Waals surface area contributed by atoms with Crippen molar-refractivity contribution in [2.45, 2.75) is 51.2 Å². The molecular weight excluding hydrogens is 404 g/mol. The second-order valence-corrected chi connectivity index (χ2v) is 7.74. The van der Waals surface area contributed by atoms with Gasteiger partial charge in [0, 0.05) is 24.3 Å². The summed E-state index contributed by atoms with van der Waals surface area (Å²) in [5.74, 6) is -2.07. The van der Waals surface area contributed by atoms with E-state index in [2.05, 4.69) is 20.7 Å². The lowest BCUT2D eigenvalue weighted by Crippen LogP contribution is -2.43. The zero-order chi connectivity index (χ0) is 22.1. The van der Waals surface area contributed by atoms with Crippen LogP contribution < -0.4 is 22.1 Å². The summed E-state index contributed by atoms with van der Waals surface area (Å²) in [6, 6.07) is 5.79. The van der Waals surface area contributed by atoms with E-state index in [9.17, 15) is 13.6 Å². The van der Waals surface area contributed by atoms with Crippen LogP contribution in [0.1, 0.15) is 43.0 Å². The molecule has 1 aliphatic carbocycles. The largest absolute Gasteiger partial charge is 0.365 e. The maximum Gasteiger partial charge on any atom is 0.252 e. The first kappa shape index (κ1) is 21.0. The number of aryl methyl sites for hydroxylation is 1. The lowest BCUT2D eigenvalue weighted by Gasteiger charge is -2.30. The second-order valence-electron chi connectivity index (χ2n) is 7.74. The van der Waals surface area contributed by atoms with Crippen molar-refractivity contribution in [1.82, 2.24) is 14.8 Å². The number of rotatable bonds is 6. The van der Waals surface area contributed by atoms with Crippen LogP contribution in [0, 0.1) is 11.8 Å². The molecule has 1 aliphatic rings. The van der Waals surface area contributed by atoms with Gasteiger partial charge in [0.05, 0.1) is 16.5 Å². The van der Waals surface area contributed by atoms with Crippen molar-refractivity contribution in [3.63, 3.8) is 0 Å². The van der Waals surface area contributed by atoms with Gasteiger partial charge in [0.15, 0.2) is 11.6 Å². The minimum atomic E-state index is -0.833. The first-order chi connectivity index (χ1) is 14.9. The molecule has 10 heteroatoms. The van der Waals surface area contributed by atoms with E-state index in [1.807, 2.05) is 6.92 Å². The number of pyridine rings is 1. The number of anilines is 3. The number of fused-ring (bicyclic) bond motifs is 1. The number of hydrogen-bond donors (Lipinski definition) is 4. The van der Waals surface area contributed by atoms with Gasteiger partial charge in [-0.05, 0) is 44.0 Å². The number of halogens is 2. The summed E-state index contributed by atoms with van der Waals surface area (Å²) in [6.07, 6.45) is 3.69. The van der Waals surface area contributed by atoms with Gasteiger partial charge in [-0.2, -0.15) is 4.39 Å². The molecule has 4 rings (SSSR count). The Morgan fingerprint density at radius 1 is 1.23 bits per heavy atom. The first-order valence-electron chi connectivity index (χ1n) is 10.3. The van der Waals surface area contributed by atoms with E-state index >= 15 is 0 Å². The second kappa shape index (κ2) is 8.46. The highest BCUT2D eigenvalue weighted by atomic mass is 19.1. The topological polar surface area (TPSA) is 124 Å². The molecular formula is C21H25F2N7O. The third-order valence-corrected chi connectivity index (χ3v) is 5.65. The predicted octanol–water partition coefficient (Wildman–Crippen LogP) is 3.25. The molecule has 0 saturated heterocycles. The monoisotopic (exact) mass is 429 g/mol. The van der Waals surface area contributed by atoms with Crippen LogP contribution in [0.5, 0.6) is 0 Å². The van der Waals surface area contributed by atoms with E-state index in [-0.39, 0.29) is 29.3 Å². The van der Waals surface area contributed by atoms with Gasteiger partial charge in [0.1, 0.15) is 5.82 Å². The summed E-state index contributed by atoms with van der Waals surface area (Å²) >= 11 is 0. The normalized spacial score (nSPS) is 18.8. The molecule has 2 atom stereocenters. The Kier molecular flexibility index (Phi) is 5.73. The highest BCUT2D eigenvalue weighted by Gasteiger charge is 2.24. The Morgan fingerprint density at radius 3 is 2.71 bits per heavy atom. The van der Waals surface area contributed by atoms with Gasteiger partial charge in [-0.15, -0.1) is 5.10 Å². The number of carbonyl (C=O) groups is 1. The van der Waals surface area contributed by atoms with E-state index in [1.165, 1.54) is 0 Å². The fourth-order valence-electron chi connectivity index (χ4n) is 3.98. The van der Waals surface area contributed by atoms with Crippen LogP contribution >= 0.6 is 0 Å². The van der Waals surface area contributed by atoms with Crippen LogP contribution in [-0.4, -0.2) is 32.8 Å². The molecule has 0 unspecified atom stereocenters. The molecule has 1 fully saturated rings. The van der Waals surface area contributed by atoms with Crippen molar-refractivity contribution in [3.05, 3.63) is 41.6 Å². The summed E-state index contributed by atoms with van der Waals surface area (Å²) in [7, 11) is 0. The van der Waals surface area contributed by atoms with Crippen molar-refractivity contribution < 1.29 is 13.6 Å². The maximum atomic E-state index is 14.7. The summed E-state index contributed by atoms with van der Waals surface area (Å²) < 4.78 is 30.4. The van der Waals surface area contributed by atoms with Crippen LogP contribution in [0.15, 0.2) is 24.3 Å². The van der Waals surface area contributed by atoms with E-state index in [0.29, 0.717) is 23.1 Å². The Balaban J connectivity index is 1.68. The molecule has 2 heterocycles. The third-order valence-electron chi connectivity index (χ3n) is 5.65. The molecule has 3 aromatic rings. The molecule has 2 aromatic heterocycles. The zero-order valence-corrected chi connectivity index (χ0v) is 17.2. The molecule has 0 radical (unpaired) electrons. The van der Waals surface area contributed by atoms with Gasteiger partial charge in [-0.1, -0.05) is 12.8 Å². The fraction of sp³-hybridized carbons (Fsp3) is 0.381. The van der Waals surface area contributed by atoms with Gasteiger partial charge in [-0.3, -0.25) is 9.48 Å². The Labute approximate surface area is 178 Å². The molecule has 0 bridgehead atoms. The maximum absolute atomic E-state index is 14.7. The minimum absolute atomic E-state index is 0.0130.